The van der Waals surface area contributed by atoms with Crippen molar-refractivity contribution in [2.24, 2.45) is 0 Å². The van der Waals surface area contributed by atoms with E-state index in [2.05, 4.69) is 15.3 Å². The number of hydrogen-bond donors (Lipinski definition) is 1. The number of halogens is 2. The number of nitro groups is 1. The molecule has 1 fully saturated rings. The predicted molar refractivity (Wildman–Crippen MR) is 123 cm³/mol. The van der Waals surface area contributed by atoms with Gasteiger partial charge in [0.15, 0.2) is 5.75 Å². The van der Waals surface area contributed by atoms with Gasteiger partial charge in [-0.3, -0.25) is 19.8 Å². The Bertz CT molecular complexity index is 1240. The second kappa shape index (κ2) is 10.1. The first-order chi connectivity index (χ1) is 16.3. The van der Waals surface area contributed by atoms with Crippen LogP contribution in [-0.2, 0) is 9.53 Å². The second-order valence-corrected chi connectivity index (χ2v) is 8.22. The molecule has 4 rings (SSSR count). The number of esters is 1. The van der Waals surface area contributed by atoms with Gasteiger partial charge in [0.25, 0.3) is 0 Å². The Hall–Kier alpha value is -3.57. The molecule has 0 spiro atoms. The van der Waals surface area contributed by atoms with E-state index < -0.39 is 10.7 Å². The van der Waals surface area contributed by atoms with E-state index in [4.69, 9.17) is 21.1 Å². The zero-order chi connectivity index (χ0) is 24.2. The smallest absolute Gasteiger partial charge is 0.320 e. The van der Waals surface area contributed by atoms with Gasteiger partial charge in [-0.15, -0.1) is 0 Å². The molecule has 0 saturated carbocycles. The standard InChI is InChI=1S/C22H21ClFN5O5/c1-13-10-28(11-21(30)34-13)5-2-6-33-20-9-18-15(8-19(20)29(31)32)22(26-12-25-18)27-14-3-4-17(24)16(23)7-14/h3-4,7-9,12-13H,2,5-6,10-11H2,1H3,(H,25,26,27). The van der Waals surface area contributed by atoms with Gasteiger partial charge < -0.3 is 14.8 Å². The Morgan fingerprint density at radius 1 is 1.35 bits per heavy atom. The van der Waals surface area contributed by atoms with Crippen molar-refractivity contribution < 1.29 is 23.6 Å². The molecule has 34 heavy (non-hydrogen) atoms. The molecule has 2 aromatic carbocycles. The number of nitro benzene ring substituents is 1. The number of nitrogens with one attached hydrogen (secondary N) is 1. The highest BCUT2D eigenvalue weighted by Gasteiger charge is 2.23. The maximum absolute atomic E-state index is 13.4. The molecule has 0 radical (unpaired) electrons. The Morgan fingerprint density at radius 3 is 2.91 bits per heavy atom. The van der Waals surface area contributed by atoms with Crippen LogP contribution in [0, 0.1) is 15.9 Å². The summed E-state index contributed by atoms with van der Waals surface area (Å²) >= 11 is 5.83. The minimum Gasteiger partial charge on any atom is -0.487 e. The lowest BCUT2D eigenvalue weighted by Gasteiger charge is -2.29. The van der Waals surface area contributed by atoms with E-state index >= 15 is 0 Å². The van der Waals surface area contributed by atoms with Gasteiger partial charge >= 0.3 is 11.7 Å². The van der Waals surface area contributed by atoms with Gasteiger partial charge in [0, 0.05) is 30.9 Å². The predicted octanol–water partition coefficient (Wildman–Crippen LogP) is 4.09. The first-order valence-electron chi connectivity index (χ1n) is 10.5. The van der Waals surface area contributed by atoms with Crippen LogP contribution in [0.25, 0.3) is 10.9 Å². The monoisotopic (exact) mass is 489 g/mol. The van der Waals surface area contributed by atoms with Crippen LogP contribution in [0.1, 0.15) is 13.3 Å². The molecule has 0 amide bonds. The van der Waals surface area contributed by atoms with Crippen molar-refractivity contribution in [3.8, 4) is 5.75 Å². The SMILES string of the molecule is CC1CN(CCCOc2cc3ncnc(Nc4ccc(F)c(Cl)c4)c3cc2[N+](=O)[O-])CC(=O)O1. The highest BCUT2D eigenvalue weighted by Crippen LogP contribution is 2.35. The fraction of sp³-hybridized carbons (Fsp3) is 0.318. The summed E-state index contributed by atoms with van der Waals surface area (Å²) in [5.41, 5.74) is 0.655. The largest absolute Gasteiger partial charge is 0.487 e. The van der Waals surface area contributed by atoms with Crippen LogP contribution in [0.3, 0.4) is 0 Å². The Labute approximate surface area is 198 Å². The summed E-state index contributed by atoms with van der Waals surface area (Å²) in [6, 6.07) is 6.89. The van der Waals surface area contributed by atoms with E-state index in [1.54, 1.807) is 0 Å². The summed E-state index contributed by atoms with van der Waals surface area (Å²) in [7, 11) is 0. The summed E-state index contributed by atoms with van der Waals surface area (Å²) in [4.78, 5) is 33.0. The van der Waals surface area contributed by atoms with Crippen molar-refractivity contribution in [3.05, 3.63) is 57.6 Å². The maximum atomic E-state index is 13.4. The number of morpholine rings is 1. The van der Waals surface area contributed by atoms with E-state index in [1.165, 1.54) is 36.7 Å². The molecular formula is C22H21ClFN5O5. The lowest BCUT2D eigenvalue weighted by atomic mass is 10.2. The quantitative estimate of drug-likeness (QED) is 0.216. The molecule has 12 heteroatoms. The zero-order valence-corrected chi connectivity index (χ0v) is 18.9. The van der Waals surface area contributed by atoms with E-state index in [9.17, 15) is 19.3 Å². The number of hydrogen-bond acceptors (Lipinski definition) is 9. The average Bonchev–Trinajstić information content (AvgIpc) is 2.78. The van der Waals surface area contributed by atoms with Gasteiger partial charge in [0.1, 0.15) is 24.1 Å². The highest BCUT2D eigenvalue weighted by molar-refractivity contribution is 6.31. The average molecular weight is 490 g/mol. The number of nitrogens with zero attached hydrogens (tertiary/aromatic N) is 4. The lowest BCUT2D eigenvalue weighted by molar-refractivity contribution is -0.385. The summed E-state index contributed by atoms with van der Waals surface area (Å²) in [6.45, 7) is 3.49. The number of fused-ring (bicyclic) bond motifs is 1. The zero-order valence-electron chi connectivity index (χ0n) is 18.2. The molecule has 3 aromatic rings. The Morgan fingerprint density at radius 2 is 2.18 bits per heavy atom. The van der Waals surface area contributed by atoms with Gasteiger partial charge in [-0.25, -0.2) is 14.4 Å². The molecule has 10 nitrogen and oxygen atoms in total. The minimum absolute atomic E-state index is 0.0686. The Balaban J connectivity index is 1.50. The molecular weight excluding hydrogens is 469 g/mol. The molecule has 1 unspecified atom stereocenters. The number of carbonyl (C=O) groups excluding carboxylic acids is 1. The van der Waals surface area contributed by atoms with Crippen molar-refractivity contribution in [1.29, 1.82) is 0 Å². The van der Waals surface area contributed by atoms with Crippen LogP contribution in [0.5, 0.6) is 5.75 Å². The van der Waals surface area contributed by atoms with Gasteiger partial charge in [0.2, 0.25) is 0 Å². The van der Waals surface area contributed by atoms with Crippen LogP contribution in [0.15, 0.2) is 36.7 Å². The normalized spacial score (nSPS) is 16.3. The molecule has 2 heterocycles. The number of ether oxygens (including phenoxy) is 2. The van der Waals surface area contributed by atoms with Crippen molar-refractivity contribution in [3.63, 3.8) is 0 Å². The first-order valence-corrected chi connectivity index (χ1v) is 10.9. The van der Waals surface area contributed by atoms with E-state index in [0.29, 0.717) is 41.9 Å². The van der Waals surface area contributed by atoms with E-state index in [0.717, 1.165) is 0 Å². The number of anilines is 2. The number of benzene rings is 2. The van der Waals surface area contributed by atoms with Crippen LogP contribution >= 0.6 is 11.6 Å². The van der Waals surface area contributed by atoms with Gasteiger partial charge in [-0.2, -0.15) is 0 Å². The summed E-state index contributed by atoms with van der Waals surface area (Å²) in [5.74, 6) is -0.449. The number of cyclic esters (lactones) is 1. The van der Waals surface area contributed by atoms with Crippen LogP contribution < -0.4 is 10.1 Å². The molecule has 1 N–H and O–H groups in total. The molecule has 1 aromatic heterocycles. The van der Waals surface area contributed by atoms with Crippen molar-refractivity contribution >= 4 is 45.7 Å². The minimum atomic E-state index is -0.563. The third-order valence-corrected chi connectivity index (χ3v) is 5.46. The van der Waals surface area contributed by atoms with Gasteiger partial charge in [0.05, 0.1) is 34.0 Å². The van der Waals surface area contributed by atoms with Crippen molar-refractivity contribution in [2.45, 2.75) is 19.4 Å². The third-order valence-electron chi connectivity index (χ3n) is 5.17. The maximum Gasteiger partial charge on any atom is 0.320 e. The fourth-order valence-corrected chi connectivity index (χ4v) is 3.87. The first kappa shape index (κ1) is 23.6. The van der Waals surface area contributed by atoms with Gasteiger partial charge in [-0.05, 0) is 31.5 Å². The number of rotatable bonds is 8. The highest BCUT2D eigenvalue weighted by atomic mass is 35.5. The van der Waals surface area contributed by atoms with Crippen LogP contribution in [-0.4, -0.2) is 58.1 Å². The van der Waals surface area contributed by atoms with Gasteiger partial charge in [-0.1, -0.05) is 11.6 Å². The number of carbonyl (C=O) groups is 1. The molecule has 1 aliphatic heterocycles. The van der Waals surface area contributed by atoms with Crippen molar-refractivity contribution in [2.75, 3.05) is 31.6 Å². The second-order valence-electron chi connectivity index (χ2n) is 7.81. The summed E-state index contributed by atoms with van der Waals surface area (Å²) in [6.07, 6.45) is 1.70. The topological polar surface area (TPSA) is 120 Å². The Kier molecular flexibility index (Phi) is 7.03. The molecule has 0 bridgehead atoms. The third kappa shape index (κ3) is 5.49. The molecule has 0 aliphatic carbocycles. The molecule has 1 saturated heterocycles. The van der Waals surface area contributed by atoms with E-state index in [1.807, 2.05) is 11.8 Å². The molecule has 1 atom stereocenters. The molecule has 178 valence electrons. The number of aromatic nitrogens is 2. The van der Waals surface area contributed by atoms with Crippen LogP contribution in [0.2, 0.25) is 5.02 Å². The van der Waals surface area contributed by atoms with Crippen LogP contribution in [0.4, 0.5) is 21.6 Å². The summed E-state index contributed by atoms with van der Waals surface area (Å²) in [5, 5.41) is 15.0. The lowest BCUT2D eigenvalue weighted by Crippen LogP contribution is -2.44. The van der Waals surface area contributed by atoms with E-state index in [-0.39, 0.29) is 41.7 Å². The fourth-order valence-electron chi connectivity index (χ4n) is 3.69. The van der Waals surface area contributed by atoms with Crippen molar-refractivity contribution in [1.82, 2.24) is 14.9 Å². The summed E-state index contributed by atoms with van der Waals surface area (Å²) < 4.78 is 24.3. The molecule has 1 aliphatic rings.